The largest absolute Gasteiger partial charge is 0.478 e. The van der Waals surface area contributed by atoms with E-state index in [0.717, 1.165) is 16.9 Å². The van der Waals surface area contributed by atoms with Gasteiger partial charge in [-0.2, -0.15) is 0 Å². The summed E-state index contributed by atoms with van der Waals surface area (Å²) < 4.78 is 5.46. The Labute approximate surface area is 119 Å². The Morgan fingerprint density at radius 1 is 1.20 bits per heavy atom. The standard InChI is InChI=1S/C15H20N4O/c1-3-20-15-11(2)14(18-10-19-15)17-9-13-7-5-4-6-12(13)8-16/h4-7,10H,3,8-9,16H2,1-2H3,(H,17,18,19). The summed E-state index contributed by atoms with van der Waals surface area (Å²) in [5.41, 5.74) is 8.96. The van der Waals surface area contributed by atoms with E-state index in [1.54, 1.807) is 0 Å². The minimum Gasteiger partial charge on any atom is -0.478 e. The van der Waals surface area contributed by atoms with Gasteiger partial charge in [-0.3, -0.25) is 0 Å². The predicted molar refractivity (Wildman–Crippen MR) is 79.6 cm³/mol. The van der Waals surface area contributed by atoms with Crippen molar-refractivity contribution in [2.24, 2.45) is 5.73 Å². The summed E-state index contributed by atoms with van der Waals surface area (Å²) in [6.07, 6.45) is 1.51. The van der Waals surface area contributed by atoms with Crippen LogP contribution in [0.2, 0.25) is 0 Å². The lowest BCUT2D eigenvalue weighted by Gasteiger charge is -2.13. The van der Waals surface area contributed by atoms with E-state index in [1.807, 2.05) is 32.0 Å². The van der Waals surface area contributed by atoms with Gasteiger partial charge in [-0.05, 0) is 25.0 Å². The van der Waals surface area contributed by atoms with Crippen molar-refractivity contribution in [2.45, 2.75) is 26.9 Å². The van der Waals surface area contributed by atoms with Gasteiger partial charge in [-0.15, -0.1) is 0 Å². The Bertz CT molecular complexity index is 572. The quantitative estimate of drug-likeness (QED) is 0.843. The molecule has 2 rings (SSSR count). The monoisotopic (exact) mass is 272 g/mol. The maximum atomic E-state index is 5.74. The van der Waals surface area contributed by atoms with Crippen LogP contribution in [0.4, 0.5) is 5.82 Å². The number of hydrogen-bond acceptors (Lipinski definition) is 5. The summed E-state index contributed by atoms with van der Waals surface area (Å²) in [4.78, 5) is 8.38. The molecule has 2 aromatic rings. The molecule has 106 valence electrons. The van der Waals surface area contributed by atoms with Crippen LogP contribution in [0.1, 0.15) is 23.6 Å². The number of nitrogens with zero attached hydrogens (tertiary/aromatic N) is 2. The van der Waals surface area contributed by atoms with Gasteiger partial charge >= 0.3 is 0 Å². The molecule has 1 aromatic carbocycles. The van der Waals surface area contributed by atoms with Gasteiger partial charge in [0, 0.05) is 13.1 Å². The molecule has 5 heteroatoms. The van der Waals surface area contributed by atoms with Crippen LogP contribution in [0, 0.1) is 6.92 Å². The Morgan fingerprint density at radius 3 is 2.65 bits per heavy atom. The summed E-state index contributed by atoms with van der Waals surface area (Å²) in [6, 6.07) is 8.11. The van der Waals surface area contributed by atoms with Gasteiger partial charge in [0.05, 0.1) is 12.2 Å². The predicted octanol–water partition coefficient (Wildman–Crippen LogP) is 2.25. The van der Waals surface area contributed by atoms with Gasteiger partial charge in [-0.25, -0.2) is 9.97 Å². The van der Waals surface area contributed by atoms with Crippen LogP contribution in [0.5, 0.6) is 5.88 Å². The van der Waals surface area contributed by atoms with E-state index in [2.05, 4.69) is 21.4 Å². The average molecular weight is 272 g/mol. The molecule has 0 spiro atoms. The Hall–Kier alpha value is -2.14. The summed E-state index contributed by atoms with van der Waals surface area (Å²) in [5, 5.41) is 3.32. The minimum absolute atomic E-state index is 0.533. The second kappa shape index (κ2) is 6.86. The Morgan fingerprint density at radius 2 is 1.95 bits per heavy atom. The third-order valence-corrected chi connectivity index (χ3v) is 3.10. The molecule has 0 saturated carbocycles. The van der Waals surface area contributed by atoms with E-state index in [0.29, 0.717) is 25.6 Å². The number of ether oxygens (including phenoxy) is 1. The van der Waals surface area contributed by atoms with Crippen molar-refractivity contribution in [3.63, 3.8) is 0 Å². The summed E-state index contributed by atoms with van der Waals surface area (Å²) >= 11 is 0. The topological polar surface area (TPSA) is 73.1 Å². The third-order valence-electron chi connectivity index (χ3n) is 3.10. The zero-order chi connectivity index (χ0) is 14.4. The number of hydrogen-bond donors (Lipinski definition) is 2. The fourth-order valence-electron chi connectivity index (χ4n) is 2.00. The van der Waals surface area contributed by atoms with Crippen molar-refractivity contribution in [2.75, 3.05) is 11.9 Å². The van der Waals surface area contributed by atoms with Crippen LogP contribution in [0.3, 0.4) is 0 Å². The zero-order valence-electron chi connectivity index (χ0n) is 11.9. The summed E-state index contributed by atoms with van der Waals surface area (Å²) in [5.74, 6) is 1.41. The van der Waals surface area contributed by atoms with Gasteiger partial charge < -0.3 is 15.8 Å². The van der Waals surface area contributed by atoms with E-state index in [1.165, 1.54) is 11.9 Å². The van der Waals surface area contributed by atoms with Gasteiger partial charge in [-0.1, -0.05) is 24.3 Å². The normalized spacial score (nSPS) is 10.3. The highest BCUT2D eigenvalue weighted by molar-refractivity contribution is 5.48. The highest BCUT2D eigenvalue weighted by Gasteiger charge is 2.08. The number of nitrogens with one attached hydrogen (secondary N) is 1. The molecule has 1 aromatic heterocycles. The molecule has 0 radical (unpaired) electrons. The lowest BCUT2D eigenvalue weighted by molar-refractivity contribution is 0.324. The lowest BCUT2D eigenvalue weighted by atomic mass is 10.1. The van der Waals surface area contributed by atoms with Crippen molar-refractivity contribution >= 4 is 5.82 Å². The maximum absolute atomic E-state index is 5.74. The first kappa shape index (κ1) is 14.3. The van der Waals surface area contributed by atoms with Gasteiger partial charge in [0.15, 0.2) is 0 Å². The third kappa shape index (κ3) is 3.24. The van der Waals surface area contributed by atoms with Gasteiger partial charge in [0.2, 0.25) is 5.88 Å². The minimum atomic E-state index is 0.533. The molecule has 5 nitrogen and oxygen atoms in total. The molecule has 0 unspecified atom stereocenters. The van der Waals surface area contributed by atoms with Crippen LogP contribution >= 0.6 is 0 Å². The number of nitrogens with two attached hydrogens (primary N) is 1. The van der Waals surface area contributed by atoms with Crippen LogP contribution < -0.4 is 15.8 Å². The van der Waals surface area contributed by atoms with Gasteiger partial charge in [0.25, 0.3) is 0 Å². The SMILES string of the molecule is CCOc1ncnc(NCc2ccccc2CN)c1C. The zero-order valence-corrected chi connectivity index (χ0v) is 11.9. The smallest absolute Gasteiger partial charge is 0.221 e. The molecule has 0 saturated heterocycles. The first-order valence-corrected chi connectivity index (χ1v) is 6.71. The molecular formula is C15H20N4O. The number of rotatable bonds is 6. The molecule has 0 aliphatic heterocycles. The number of anilines is 1. The highest BCUT2D eigenvalue weighted by Crippen LogP contribution is 2.21. The molecule has 0 aliphatic carbocycles. The maximum Gasteiger partial charge on any atom is 0.221 e. The highest BCUT2D eigenvalue weighted by atomic mass is 16.5. The van der Waals surface area contributed by atoms with Crippen LogP contribution in [0.15, 0.2) is 30.6 Å². The van der Waals surface area contributed by atoms with Crippen molar-refractivity contribution < 1.29 is 4.74 Å². The molecule has 0 bridgehead atoms. The Kier molecular flexibility index (Phi) is 4.90. The molecule has 0 fully saturated rings. The van der Waals surface area contributed by atoms with Crippen molar-refractivity contribution in [3.8, 4) is 5.88 Å². The molecule has 3 N–H and O–H groups in total. The first-order valence-electron chi connectivity index (χ1n) is 6.71. The molecule has 20 heavy (non-hydrogen) atoms. The molecule has 0 atom stereocenters. The summed E-state index contributed by atoms with van der Waals surface area (Å²) in [7, 11) is 0. The molecule has 0 aliphatic rings. The second-order valence-corrected chi connectivity index (χ2v) is 4.41. The van der Waals surface area contributed by atoms with Crippen LogP contribution in [-0.4, -0.2) is 16.6 Å². The van der Waals surface area contributed by atoms with E-state index in [9.17, 15) is 0 Å². The summed E-state index contributed by atoms with van der Waals surface area (Å²) in [6.45, 7) is 5.68. The lowest BCUT2D eigenvalue weighted by Crippen LogP contribution is -2.09. The molecule has 0 amide bonds. The first-order chi connectivity index (χ1) is 9.76. The second-order valence-electron chi connectivity index (χ2n) is 4.41. The number of aromatic nitrogens is 2. The van der Waals surface area contributed by atoms with Gasteiger partial charge in [0.1, 0.15) is 12.1 Å². The molecular weight excluding hydrogens is 252 g/mol. The van der Waals surface area contributed by atoms with Crippen molar-refractivity contribution in [1.82, 2.24) is 9.97 Å². The van der Waals surface area contributed by atoms with Crippen LogP contribution in [0.25, 0.3) is 0 Å². The van der Waals surface area contributed by atoms with Crippen molar-refractivity contribution in [1.29, 1.82) is 0 Å². The number of benzene rings is 1. The van der Waals surface area contributed by atoms with Crippen molar-refractivity contribution in [3.05, 3.63) is 47.3 Å². The fourth-order valence-corrected chi connectivity index (χ4v) is 2.00. The molecule has 1 heterocycles. The van der Waals surface area contributed by atoms with Crippen LogP contribution in [-0.2, 0) is 13.1 Å². The fraction of sp³-hybridized carbons (Fsp3) is 0.333. The Balaban J connectivity index is 2.13. The van der Waals surface area contributed by atoms with E-state index in [4.69, 9.17) is 10.5 Å². The average Bonchev–Trinajstić information content (AvgIpc) is 2.48. The van der Waals surface area contributed by atoms with E-state index >= 15 is 0 Å². The van der Waals surface area contributed by atoms with E-state index < -0.39 is 0 Å². The van der Waals surface area contributed by atoms with E-state index in [-0.39, 0.29) is 0 Å².